The van der Waals surface area contributed by atoms with Gasteiger partial charge in [-0.15, -0.1) is 0 Å². The van der Waals surface area contributed by atoms with Crippen LogP contribution in [0.15, 0.2) is 0 Å². The molecule has 0 fully saturated rings. The van der Waals surface area contributed by atoms with Crippen LogP contribution in [0.2, 0.25) is 0 Å². The molecule has 0 atom stereocenters. The zero-order chi connectivity index (χ0) is 7.91. The van der Waals surface area contributed by atoms with E-state index in [1.165, 1.54) is 3.80 Å². The van der Waals surface area contributed by atoms with Gasteiger partial charge in [-0.3, -0.25) is 0 Å². The van der Waals surface area contributed by atoms with Crippen molar-refractivity contribution in [2.45, 2.75) is 0 Å². The molecule has 0 spiro atoms. The van der Waals surface area contributed by atoms with Crippen molar-refractivity contribution in [3.05, 3.63) is 0 Å². The van der Waals surface area contributed by atoms with Gasteiger partial charge in [0.2, 0.25) is 0 Å². The molecule has 0 saturated carbocycles. The van der Waals surface area contributed by atoms with E-state index < -0.39 is 10.3 Å². The monoisotopic (exact) mass is 282 g/mol. The van der Waals surface area contributed by atoms with E-state index >= 15 is 0 Å². The van der Waals surface area contributed by atoms with Gasteiger partial charge in [-0.2, -0.15) is 0 Å². The average Bonchev–Trinajstić information content (AvgIpc) is 1.67. The summed E-state index contributed by atoms with van der Waals surface area (Å²) in [4.78, 5) is 0. The molecule has 0 aliphatic carbocycles. The van der Waals surface area contributed by atoms with E-state index in [-0.39, 0.29) is 0 Å². The molecule has 0 aliphatic rings. The second-order valence-corrected chi connectivity index (χ2v) is 3.90. The van der Waals surface area contributed by atoms with E-state index in [9.17, 15) is 8.42 Å². The Balaban J connectivity index is 0. The zero-order valence-corrected chi connectivity index (χ0v) is 7.86. The number of hydrogen-bond donors (Lipinski definition) is 2. The van der Waals surface area contributed by atoms with Gasteiger partial charge in [-0.1, -0.05) is 0 Å². The van der Waals surface area contributed by atoms with E-state index in [0.717, 1.165) is 0 Å². The first kappa shape index (κ1) is 13.1. The molecule has 0 aromatic rings. The van der Waals surface area contributed by atoms with Crippen LogP contribution in [0.4, 0.5) is 0 Å². The fourth-order valence-electron chi connectivity index (χ4n) is 0. The third-order valence-corrected chi connectivity index (χ3v) is 1.01. The first-order chi connectivity index (χ1) is 3.97. The van der Waals surface area contributed by atoms with Gasteiger partial charge in [0.15, 0.2) is 0 Å². The Kier molecular flexibility index (Phi) is 10.9. The molecule has 2 N–H and O–H groups in total. The molecule has 0 aliphatic heterocycles. The van der Waals surface area contributed by atoms with E-state index in [4.69, 9.17) is 24.9 Å². The van der Waals surface area contributed by atoms with Crippen molar-refractivity contribution in [2.75, 3.05) is 0 Å². The fraction of sp³-hybridized carbons (Fsp3) is 0. The van der Waals surface area contributed by atoms with Gasteiger partial charge in [0.25, 0.3) is 0 Å². The standard InChI is InChI=1S/2ClH.H2NO3S.2Ni/c;;1-5(2,3)4;;/h2*1H;(H2-,1,2,3,4);;/q;;-1;+1;+2/p-2. The summed E-state index contributed by atoms with van der Waals surface area (Å²) >= 11 is 4.01. The second kappa shape index (κ2) is 7.54. The molecule has 0 amide bonds. The van der Waals surface area contributed by atoms with Gasteiger partial charge < -0.3 is 0 Å². The number of rotatable bonds is 1. The topological polar surface area (TPSA) is 66.4 Å². The summed E-state index contributed by atoms with van der Waals surface area (Å²) in [6.45, 7) is 0. The van der Waals surface area contributed by atoms with Crippen molar-refractivity contribution in [1.82, 2.24) is 3.80 Å². The molecule has 0 heterocycles. The Morgan fingerprint density at radius 3 is 1.67 bits per heavy atom. The average molecular weight is 284 g/mol. The Morgan fingerprint density at radius 2 is 1.67 bits per heavy atom. The molecule has 65 valence electrons. The number of nitrogens with one attached hydrogen (secondary N) is 1. The number of halogens is 2. The van der Waals surface area contributed by atoms with Gasteiger partial charge in [0.05, 0.1) is 0 Å². The fourth-order valence-corrected chi connectivity index (χ4v) is 0. The van der Waals surface area contributed by atoms with Crippen LogP contribution < -0.4 is 3.80 Å². The molecule has 4 nitrogen and oxygen atoms in total. The van der Waals surface area contributed by atoms with Crippen LogP contribution in [-0.4, -0.2) is 13.0 Å². The molecule has 0 unspecified atom stereocenters. The van der Waals surface area contributed by atoms with Crippen LogP contribution in [0.5, 0.6) is 0 Å². The van der Waals surface area contributed by atoms with Crippen molar-refractivity contribution in [3.8, 4) is 0 Å². The minimum atomic E-state index is -4.08. The van der Waals surface area contributed by atoms with Crippen molar-refractivity contribution < 1.29 is 41.3 Å². The minimum absolute atomic E-state index is 0.569. The van der Waals surface area contributed by atoms with Crippen molar-refractivity contribution in [2.24, 2.45) is 0 Å². The van der Waals surface area contributed by atoms with Crippen LogP contribution in [0, 0.1) is 0 Å². The van der Waals surface area contributed by atoms with E-state index in [1.54, 1.807) is 0 Å². The second-order valence-electron chi connectivity index (χ2n) is 0.585. The maximum atomic E-state index is 9.35. The van der Waals surface area contributed by atoms with E-state index in [1.807, 2.05) is 0 Å². The summed E-state index contributed by atoms with van der Waals surface area (Å²) in [5.41, 5.74) is 0. The van der Waals surface area contributed by atoms with Gasteiger partial charge in [-0.05, 0) is 0 Å². The van der Waals surface area contributed by atoms with Crippen molar-refractivity contribution in [3.63, 3.8) is 0 Å². The van der Waals surface area contributed by atoms with Gasteiger partial charge >= 0.3 is 75.8 Å². The predicted octanol–water partition coefficient (Wildman–Crippen LogP) is 0.217. The molecule has 0 rings (SSSR count). The zero-order valence-electron chi connectivity index (χ0n) is 3.56. The summed E-state index contributed by atoms with van der Waals surface area (Å²) in [5.74, 6) is 0. The van der Waals surface area contributed by atoms with Crippen LogP contribution in [0.25, 0.3) is 0 Å². The van der Waals surface area contributed by atoms with Gasteiger partial charge in [0.1, 0.15) is 0 Å². The third kappa shape index (κ3) is 26.5. The summed E-state index contributed by atoms with van der Waals surface area (Å²) < 4.78 is 27.6. The Labute approximate surface area is 75.5 Å². The first-order valence-corrected chi connectivity index (χ1v) is 5.77. The third-order valence-electron chi connectivity index (χ3n) is 0.0816. The van der Waals surface area contributed by atoms with Crippen molar-refractivity contribution >= 4 is 30.7 Å². The first-order valence-electron chi connectivity index (χ1n) is 1.12. The Hall–Kier alpha value is 1.44. The quantitative estimate of drug-likeness (QED) is 0.534. The van der Waals surface area contributed by atoms with E-state index in [2.05, 4.69) is 15.7 Å². The van der Waals surface area contributed by atoms with Crippen molar-refractivity contribution in [1.29, 1.82) is 0 Å². The van der Waals surface area contributed by atoms with Crippen LogP contribution in [-0.2, 0) is 38.6 Å². The molecule has 0 aromatic carbocycles. The maximum absolute atomic E-state index is 9.35. The van der Waals surface area contributed by atoms with Crippen LogP contribution >= 0.6 is 20.4 Å². The number of hydrogen-bond acceptors (Lipinski definition) is 2. The predicted molar refractivity (Wildman–Crippen MR) is 26.4 cm³/mol. The summed E-state index contributed by atoms with van der Waals surface area (Å²) in [6.07, 6.45) is 0. The summed E-state index contributed by atoms with van der Waals surface area (Å²) in [6, 6.07) is 0. The van der Waals surface area contributed by atoms with E-state index in [0.29, 0.717) is 12.7 Å². The Morgan fingerprint density at radius 1 is 1.56 bits per heavy atom. The molecule has 0 saturated heterocycles. The normalized spacial score (nSPS) is 10.3. The summed E-state index contributed by atoms with van der Waals surface area (Å²) in [5, 5.41) is 0. The molecule has 0 aromatic heterocycles. The molecular weight excluding hydrogens is 282 g/mol. The Bertz CT molecular complexity index is 133. The van der Waals surface area contributed by atoms with Crippen LogP contribution in [0.1, 0.15) is 0 Å². The molecular formula is H2Cl2NNi2O3S. The molecule has 0 radical (unpaired) electrons. The van der Waals surface area contributed by atoms with Gasteiger partial charge in [-0.25, -0.2) is 0 Å². The van der Waals surface area contributed by atoms with Crippen LogP contribution in [0.3, 0.4) is 0 Å². The summed E-state index contributed by atoms with van der Waals surface area (Å²) in [7, 11) is 5.32. The molecule has 9 heteroatoms. The van der Waals surface area contributed by atoms with Gasteiger partial charge in [0, 0.05) is 0 Å². The SMILES string of the molecule is O=S(=O)(O)[NH][Ni].[Cl][Ni][Cl]. The molecule has 9 heavy (non-hydrogen) atoms. The molecule has 0 bridgehead atoms.